The summed E-state index contributed by atoms with van der Waals surface area (Å²) < 4.78 is 25.1. The molecule has 2 heterocycles. The van der Waals surface area contributed by atoms with Crippen molar-refractivity contribution in [2.75, 3.05) is 18.0 Å². The number of alkyl halides is 2. The van der Waals surface area contributed by atoms with Crippen molar-refractivity contribution in [2.45, 2.75) is 5.92 Å². The Kier molecular flexibility index (Phi) is 2.02. The molecule has 0 bridgehead atoms. The van der Waals surface area contributed by atoms with Gasteiger partial charge in [0.25, 0.3) is 5.92 Å². The predicted octanol–water partition coefficient (Wildman–Crippen LogP) is 1.45. The van der Waals surface area contributed by atoms with E-state index in [-0.39, 0.29) is 11.5 Å². The van der Waals surface area contributed by atoms with E-state index in [9.17, 15) is 18.9 Å². The molecule has 1 aliphatic heterocycles. The van der Waals surface area contributed by atoms with Crippen LogP contribution < -0.4 is 4.90 Å². The molecule has 0 amide bonds. The molecule has 7 heteroatoms. The highest BCUT2D eigenvalue weighted by atomic mass is 19.3. The third-order valence-electron chi connectivity index (χ3n) is 2.11. The van der Waals surface area contributed by atoms with Crippen LogP contribution in [0, 0.1) is 10.1 Å². The average molecular weight is 215 g/mol. The Balaban J connectivity index is 2.26. The Labute approximate surface area is 83.5 Å². The van der Waals surface area contributed by atoms with Crippen molar-refractivity contribution in [1.82, 2.24) is 4.98 Å². The summed E-state index contributed by atoms with van der Waals surface area (Å²) in [5.74, 6) is -2.75. The first kappa shape index (κ1) is 9.75. The molecule has 0 N–H and O–H groups in total. The third-order valence-corrected chi connectivity index (χ3v) is 2.11. The second-order valence-electron chi connectivity index (χ2n) is 3.32. The molecule has 0 atom stereocenters. The minimum atomic E-state index is -2.76. The molecule has 1 aromatic heterocycles. The highest BCUT2D eigenvalue weighted by molar-refractivity contribution is 5.59. The molecular formula is C8H7F2N3O2. The summed E-state index contributed by atoms with van der Waals surface area (Å²) in [5.41, 5.74) is -0.243. The van der Waals surface area contributed by atoms with Gasteiger partial charge in [0.1, 0.15) is 0 Å². The molecule has 0 saturated carbocycles. The lowest BCUT2D eigenvalue weighted by Gasteiger charge is -2.38. The Morgan fingerprint density at radius 1 is 1.53 bits per heavy atom. The zero-order valence-corrected chi connectivity index (χ0v) is 7.56. The molecular weight excluding hydrogens is 208 g/mol. The zero-order chi connectivity index (χ0) is 11.1. The fraction of sp³-hybridized carbons (Fsp3) is 0.375. The van der Waals surface area contributed by atoms with Gasteiger partial charge >= 0.3 is 5.69 Å². The van der Waals surface area contributed by atoms with Crippen LogP contribution in [0.5, 0.6) is 0 Å². The molecule has 0 spiro atoms. The van der Waals surface area contributed by atoms with E-state index in [4.69, 9.17) is 0 Å². The van der Waals surface area contributed by atoms with Gasteiger partial charge in [0.05, 0.1) is 18.0 Å². The van der Waals surface area contributed by atoms with Gasteiger partial charge in [-0.25, -0.2) is 13.8 Å². The van der Waals surface area contributed by atoms with Crippen molar-refractivity contribution in [2.24, 2.45) is 0 Å². The molecule has 1 saturated heterocycles. The predicted molar refractivity (Wildman–Crippen MR) is 48.1 cm³/mol. The quantitative estimate of drug-likeness (QED) is 0.553. The number of hydrogen-bond donors (Lipinski definition) is 0. The molecule has 80 valence electrons. The first-order chi connectivity index (χ1) is 6.99. The minimum absolute atomic E-state index is 0.00780. The van der Waals surface area contributed by atoms with E-state index in [0.29, 0.717) is 0 Å². The van der Waals surface area contributed by atoms with Crippen LogP contribution in [0.15, 0.2) is 18.3 Å². The molecule has 1 aromatic rings. The molecule has 5 nitrogen and oxygen atoms in total. The van der Waals surface area contributed by atoms with Crippen LogP contribution in [0.25, 0.3) is 0 Å². The fourth-order valence-electron chi connectivity index (χ4n) is 1.44. The molecule has 15 heavy (non-hydrogen) atoms. The maximum absolute atomic E-state index is 12.6. The maximum Gasteiger partial charge on any atom is 0.311 e. The number of halogens is 2. The van der Waals surface area contributed by atoms with Crippen LogP contribution in [0.2, 0.25) is 0 Å². The number of anilines is 1. The smallest absolute Gasteiger partial charge is 0.311 e. The van der Waals surface area contributed by atoms with E-state index in [1.807, 2.05) is 0 Å². The van der Waals surface area contributed by atoms with Crippen molar-refractivity contribution < 1.29 is 13.7 Å². The van der Waals surface area contributed by atoms with Crippen molar-refractivity contribution >= 4 is 11.5 Å². The number of pyridine rings is 1. The first-order valence-electron chi connectivity index (χ1n) is 4.22. The lowest BCUT2D eigenvalue weighted by atomic mass is 10.1. The van der Waals surface area contributed by atoms with E-state index in [1.54, 1.807) is 0 Å². The van der Waals surface area contributed by atoms with Gasteiger partial charge < -0.3 is 4.90 Å². The summed E-state index contributed by atoms with van der Waals surface area (Å²) in [6.45, 7) is -1.02. The summed E-state index contributed by atoms with van der Waals surface area (Å²) in [4.78, 5) is 14.9. The molecule has 0 unspecified atom stereocenters. The van der Waals surface area contributed by atoms with Gasteiger partial charge in [0, 0.05) is 12.3 Å². The van der Waals surface area contributed by atoms with Gasteiger partial charge in [0.15, 0.2) is 0 Å². The van der Waals surface area contributed by atoms with Crippen LogP contribution in [0.3, 0.4) is 0 Å². The Bertz CT molecular complexity index is 403. The van der Waals surface area contributed by atoms with E-state index in [1.165, 1.54) is 23.2 Å². The fourth-order valence-corrected chi connectivity index (χ4v) is 1.44. The monoisotopic (exact) mass is 215 g/mol. The molecule has 2 rings (SSSR count). The first-order valence-corrected chi connectivity index (χ1v) is 4.22. The highest BCUT2D eigenvalue weighted by Gasteiger charge is 2.46. The van der Waals surface area contributed by atoms with Gasteiger partial charge in [-0.15, -0.1) is 0 Å². The van der Waals surface area contributed by atoms with E-state index < -0.39 is 23.9 Å². The summed E-state index contributed by atoms with van der Waals surface area (Å²) in [7, 11) is 0. The van der Waals surface area contributed by atoms with E-state index in [2.05, 4.69) is 4.98 Å². The van der Waals surface area contributed by atoms with Gasteiger partial charge in [-0.2, -0.15) is 0 Å². The largest absolute Gasteiger partial charge is 0.339 e. The van der Waals surface area contributed by atoms with Crippen LogP contribution in [-0.4, -0.2) is 28.9 Å². The van der Waals surface area contributed by atoms with Crippen molar-refractivity contribution in [3.63, 3.8) is 0 Å². The normalized spacial score (nSPS) is 18.4. The van der Waals surface area contributed by atoms with Crippen LogP contribution in [0.4, 0.5) is 20.3 Å². The third kappa shape index (κ3) is 1.72. The van der Waals surface area contributed by atoms with E-state index >= 15 is 0 Å². The second kappa shape index (κ2) is 3.11. The maximum atomic E-state index is 12.6. The zero-order valence-electron chi connectivity index (χ0n) is 7.56. The summed E-state index contributed by atoms with van der Waals surface area (Å²) in [6, 6.07) is 2.65. The molecule has 1 aliphatic rings. The lowest BCUT2D eigenvalue weighted by Crippen LogP contribution is -2.56. The molecule has 0 aromatic carbocycles. The standard InChI is InChI=1S/C8H7F2N3O2/c9-8(10)4-12(5-8)7-6(13(14)15)2-1-3-11-7/h1-3H,4-5H2. The highest BCUT2D eigenvalue weighted by Crippen LogP contribution is 2.34. The van der Waals surface area contributed by atoms with Crippen molar-refractivity contribution in [1.29, 1.82) is 0 Å². The Hall–Kier alpha value is -1.79. The Morgan fingerprint density at radius 2 is 2.20 bits per heavy atom. The summed E-state index contributed by atoms with van der Waals surface area (Å²) in [6.07, 6.45) is 1.35. The van der Waals surface area contributed by atoms with E-state index in [0.717, 1.165) is 0 Å². The summed E-state index contributed by atoms with van der Waals surface area (Å²) >= 11 is 0. The minimum Gasteiger partial charge on any atom is -0.339 e. The molecule has 0 aliphatic carbocycles. The van der Waals surface area contributed by atoms with Crippen LogP contribution >= 0.6 is 0 Å². The lowest BCUT2D eigenvalue weighted by molar-refractivity contribution is -0.384. The number of hydrogen-bond acceptors (Lipinski definition) is 4. The van der Waals surface area contributed by atoms with Gasteiger partial charge in [-0.05, 0) is 6.07 Å². The van der Waals surface area contributed by atoms with Gasteiger partial charge in [-0.3, -0.25) is 10.1 Å². The molecule has 1 fully saturated rings. The number of rotatable bonds is 2. The molecule has 0 radical (unpaired) electrons. The topological polar surface area (TPSA) is 59.3 Å². The summed E-state index contributed by atoms with van der Waals surface area (Å²) in [5, 5.41) is 10.6. The second-order valence-corrected chi connectivity index (χ2v) is 3.32. The van der Waals surface area contributed by atoms with Crippen LogP contribution in [-0.2, 0) is 0 Å². The number of nitrogens with zero attached hydrogens (tertiary/aromatic N) is 3. The average Bonchev–Trinajstić information content (AvgIpc) is 2.14. The van der Waals surface area contributed by atoms with Gasteiger partial charge in [0.2, 0.25) is 5.82 Å². The van der Waals surface area contributed by atoms with Crippen molar-refractivity contribution in [3.05, 3.63) is 28.4 Å². The Morgan fingerprint density at radius 3 is 2.73 bits per heavy atom. The SMILES string of the molecule is O=[N+]([O-])c1cccnc1N1CC(F)(F)C1. The number of aromatic nitrogens is 1. The van der Waals surface area contributed by atoms with Gasteiger partial charge in [-0.1, -0.05) is 0 Å². The van der Waals surface area contributed by atoms with Crippen molar-refractivity contribution in [3.8, 4) is 0 Å². The van der Waals surface area contributed by atoms with Crippen LogP contribution in [0.1, 0.15) is 0 Å². The number of nitro groups is 1.